The Bertz CT molecular complexity index is 1050. The highest BCUT2D eigenvalue weighted by Crippen LogP contribution is 2.39. The molecule has 2 atom stereocenters. The van der Waals surface area contributed by atoms with E-state index in [1.54, 1.807) is 25.3 Å². The van der Waals surface area contributed by atoms with Crippen molar-refractivity contribution in [2.75, 3.05) is 25.5 Å². The fraction of sp³-hybridized carbons (Fsp3) is 0.464. The Morgan fingerprint density at radius 2 is 1.86 bits per heavy atom. The molecule has 0 aliphatic carbocycles. The van der Waals surface area contributed by atoms with Crippen LogP contribution in [-0.2, 0) is 9.59 Å². The van der Waals surface area contributed by atoms with Gasteiger partial charge < -0.3 is 20.3 Å². The summed E-state index contributed by atoms with van der Waals surface area (Å²) in [6.45, 7) is 9.26. The van der Waals surface area contributed by atoms with E-state index < -0.39 is 5.92 Å². The van der Waals surface area contributed by atoms with E-state index >= 15 is 0 Å². The van der Waals surface area contributed by atoms with Crippen molar-refractivity contribution in [3.8, 4) is 5.75 Å². The van der Waals surface area contributed by atoms with Crippen molar-refractivity contribution in [1.29, 1.82) is 0 Å². The monoisotopic (exact) mass is 479 g/mol. The van der Waals surface area contributed by atoms with Crippen molar-refractivity contribution in [2.24, 2.45) is 11.8 Å². The van der Waals surface area contributed by atoms with Gasteiger partial charge in [0.1, 0.15) is 5.75 Å². The van der Waals surface area contributed by atoms with Crippen LogP contribution in [0.25, 0.3) is 0 Å². The van der Waals surface area contributed by atoms with E-state index in [4.69, 9.17) is 4.74 Å². The van der Waals surface area contributed by atoms with Crippen LogP contribution >= 0.6 is 0 Å². The van der Waals surface area contributed by atoms with E-state index in [2.05, 4.69) is 17.6 Å². The number of carbonyl (C=O) groups is 3. The first-order valence-electron chi connectivity index (χ1n) is 12.4. The minimum atomic E-state index is -0.513. The molecule has 0 bridgehead atoms. The summed E-state index contributed by atoms with van der Waals surface area (Å²) in [5, 5.41) is 5.92. The van der Waals surface area contributed by atoms with Crippen LogP contribution in [0.5, 0.6) is 5.75 Å². The third-order valence-electron chi connectivity index (χ3n) is 6.40. The molecule has 1 fully saturated rings. The second-order valence-corrected chi connectivity index (χ2v) is 9.59. The van der Waals surface area contributed by atoms with Gasteiger partial charge in [0.05, 0.1) is 19.1 Å². The highest BCUT2D eigenvalue weighted by Gasteiger charge is 2.44. The molecule has 0 spiro atoms. The van der Waals surface area contributed by atoms with Crippen LogP contribution in [0.3, 0.4) is 0 Å². The van der Waals surface area contributed by atoms with Crippen molar-refractivity contribution in [3.63, 3.8) is 0 Å². The number of unbranched alkanes of at least 4 members (excludes halogenated alkanes) is 1. The van der Waals surface area contributed by atoms with Crippen molar-refractivity contribution in [1.82, 2.24) is 10.2 Å². The lowest BCUT2D eigenvalue weighted by atomic mass is 9.92. The third-order valence-corrected chi connectivity index (χ3v) is 6.40. The predicted molar refractivity (Wildman–Crippen MR) is 137 cm³/mol. The number of rotatable bonds is 10. The van der Waals surface area contributed by atoms with Gasteiger partial charge in [-0.2, -0.15) is 0 Å². The molecule has 2 unspecified atom stereocenters. The Morgan fingerprint density at radius 3 is 2.46 bits per heavy atom. The largest absolute Gasteiger partial charge is 0.497 e. The number of anilines is 1. The zero-order valence-electron chi connectivity index (χ0n) is 21.4. The molecule has 3 amide bonds. The first-order chi connectivity index (χ1) is 16.7. The smallest absolute Gasteiger partial charge is 0.251 e. The van der Waals surface area contributed by atoms with E-state index in [-0.39, 0.29) is 30.2 Å². The van der Waals surface area contributed by atoms with Crippen molar-refractivity contribution in [2.45, 2.75) is 53.0 Å². The number of hydrogen-bond acceptors (Lipinski definition) is 4. The zero-order valence-corrected chi connectivity index (χ0v) is 21.4. The molecule has 1 saturated heterocycles. The summed E-state index contributed by atoms with van der Waals surface area (Å²) < 4.78 is 5.28. The fourth-order valence-corrected chi connectivity index (χ4v) is 4.40. The summed E-state index contributed by atoms with van der Waals surface area (Å²) in [5.41, 5.74) is 2.91. The highest BCUT2D eigenvalue weighted by atomic mass is 16.5. The van der Waals surface area contributed by atoms with Gasteiger partial charge in [-0.15, -0.1) is 0 Å². The van der Waals surface area contributed by atoms with E-state index in [0.29, 0.717) is 30.3 Å². The van der Waals surface area contributed by atoms with Crippen LogP contribution < -0.4 is 15.4 Å². The highest BCUT2D eigenvalue weighted by molar-refractivity contribution is 5.99. The first kappa shape index (κ1) is 26.3. The Kier molecular flexibility index (Phi) is 8.90. The molecule has 0 radical (unpaired) electrons. The molecule has 2 N–H and O–H groups in total. The minimum Gasteiger partial charge on any atom is -0.497 e. The number of nitrogens with zero attached hydrogens (tertiary/aromatic N) is 1. The Labute approximate surface area is 208 Å². The molecule has 35 heavy (non-hydrogen) atoms. The van der Waals surface area contributed by atoms with Crippen molar-refractivity contribution in [3.05, 3.63) is 59.2 Å². The van der Waals surface area contributed by atoms with Gasteiger partial charge in [0.15, 0.2) is 0 Å². The SMILES string of the molecule is CCCCN1C(=O)CC(C(=O)Nc2ccc(C(=O)NCC(C)C)cc2C)C1c1ccc(OC)cc1. The summed E-state index contributed by atoms with van der Waals surface area (Å²) in [4.78, 5) is 40.6. The number of amides is 3. The first-order valence-corrected chi connectivity index (χ1v) is 12.4. The predicted octanol–water partition coefficient (Wildman–Crippen LogP) is 4.72. The summed E-state index contributed by atoms with van der Waals surface area (Å²) in [5.74, 6) is 0.246. The maximum absolute atomic E-state index is 13.4. The lowest BCUT2D eigenvalue weighted by molar-refractivity contribution is -0.129. The molecule has 2 aromatic carbocycles. The van der Waals surface area contributed by atoms with Crippen LogP contribution in [0, 0.1) is 18.8 Å². The minimum absolute atomic E-state index is 0.00619. The van der Waals surface area contributed by atoms with Gasteiger partial charge in [0.2, 0.25) is 11.8 Å². The number of methoxy groups -OCH3 is 1. The van der Waals surface area contributed by atoms with Gasteiger partial charge in [-0.25, -0.2) is 0 Å². The molecule has 7 heteroatoms. The zero-order chi connectivity index (χ0) is 25.5. The van der Waals surface area contributed by atoms with E-state index in [1.807, 2.05) is 49.9 Å². The molecule has 1 aliphatic rings. The van der Waals surface area contributed by atoms with Crippen molar-refractivity contribution < 1.29 is 19.1 Å². The number of aryl methyl sites for hydroxylation is 1. The number of carbonyl (C=O) groups excluding carboxylic acids is 3. The number of ether oxygens (including phenoxy) is 1. The van der Waals surface area contributed by atoms with E-state index in [9.17, 15) is 14.4 Å². The molecule has 0 aromatic heterocycles. The number of benzene rings is 2. The van der Waals surface area contributed by atoms with Gasteiger partial charge in [0, 0.05) is 30.8 Å². The van der Waals surface area contributed by atoms with E-state index in [1.165, 1.54) is 0 Å². The molecule has 1 aliphatic heterocycles. The molecule has 3 rings (SSSR count). The summed E-state index contributed by atoms with van der Waals surface area (Å²) >= 11 is 0. The standard InChI is InChI=1S/C28H37N3O4/c1-6-7-14-31-25(32)16-23(26(31)20-8-11-22(35-5)12-9-20)28(34)30-24-13-10-21(15-19(24)4)27(33)29-17-18(2)3/h8-13,15,18,23,26H,6-7,14,16-17H2,1-5H3,(H,29,33)(H,30,34). The normalized spacial score (nSPS) is 17.5. The average Bonchev–Trinajstić information content (AvgIpc) is 3.18. The van der Waals surface area contributed by atoms with Gasteiger partial charge in [0.25, 0.3) is 5.91 Å². The third kappa shape index (κ3) is 6.41. The van der Waals surface area contributed by atoms with Gasteiger partial charge in [-0.3, -0.25) is 14.4 Å². The summed E-state index contributed by atoms with van der Waals surface area (Å²) in [7, 11) is 1.61. The van der Waals surface area contributed by atoms with Crippen LogP contribution in [0.2, 0.25) is 0 Å². The number of hydrogen-bond donors (Lipinski definition) is 2. The lowest BCUT2D eigenvalue weighted by Gasteiger charge is -2.28. The van der Waals surface area contributed by atoms with Gasteiger partial charge in [-0.05, 0) is 60.7 Å². The second-order valence-electron chi connectivity index (χ2n) is 9.59. The Morgan fingerprint density at radius 1 is 1.14 bits per heavy atom. The van der Waals surface area contributed by atoms with Gasteiger partial charge in [-0.1, -0.05) is 39.3 Å². The van der Waals surface area contributed by atoms with Gasteiger partial charge >= 0.3 is 0 Å². The summed E-state index contributed by atoms with van der Waals surface area (Å²) in [6.07, 6.45) is 2.01. The molecule has 7 nitrogen and oxygen atoms in total. The van der Waals surface area contributed by atoms with Crippen LogP contribution in [0.1, 0.15) is 67.6 Å². The topological polar surface area (TPSA) is 87.7 Å². The molecule has 1 heterocycles. The average molecular weight is 480 g/mol. The lowest BCUT2D eigenvalue weighted by Crippen LogP contribution is -2.33. The number of likely N-dealkylation sites (tertiary alicyclic amines) is 1. The second kappa shape index (κ2) is 11.9. The van der Waals surface area contributed by atoms with Crippen LogP contribution in [0.15, 0.2) is 42.5 Å². The molecular weight excluding hydrogens is 442 g/mol. The van der Waals surface area contributed by atoms with Crippen LogP contribution in [-0.4, -0.2) is 42.8 Å². The fourth-order valence-electron chi connectivity index (χ4n) is 4.40. The summed E-state index contributed by atoms with van der Waals surface area (Å²) in [6, 6.07) is 12.5. The molecule has 188 valence electrons. The quantitative estimate of drug-likeness (QED) is 0.516. The van der Waals surface area contributed by atoms with E-state index in [0.717, 1.165) is 29.7 Å². The van der Waals surface area contributed by atoms with Crippen LogP contribution in [0.4, 0.5) is 5.69 Å². The number of nitrogens with one attached hydrogen (secondary N) is 2. The Balaban J connectivity index is 1.80. The maximum Gasteiger partial charge on any atom is 0.251 e. The molecular formula is C28H37N3O4. The Hall–Kier alpha value is -3.35. The molecule has 0 saturated carbocycles. The maximum atomic E-state index is 13.4. The van der Waals surface area contributed by atoms with Crippen molar-refractivity contribution >= 4 is 23.4 Å². The molecule has 2 aromatic rings.